The van der Waals surface area contributed by atoms with E-state index in [2.05, 4.69) is 25.8 Å². The number of hydrogen-bond acceptors (Lipinski definition) is 9. The fourth-order valence-corrected chi connectivity index (χ4v) is 1.85. The molecule has 136 valence electrons. The van der Waals surface area contributed by atoms with E-state index in [0.29, 0.717) is 11.4 Å². The summed E-state index contributed by atoms with van der Waals surface area (Å²) in [5.41, 5.74) is 11.7. The molecule has 2 rings (SSSR count). The highest BCUT2D eigenvalue weighted by Gasteiger charge is 2.09. The number of nitrogens with one attached hydrogen (secondary N) is 2. The molecule has 1 heterocycles. The van der Waals surface area contributed by atoms with Crippen molar-refractivity contribution >= 4 is 34.9 Å². The van der Waals surface area contributed by atoms with Crippen LogP contribution in [0.4, 0.5) is 23.0 Å². The molecule has 1 amide bonds. The lowest BCUT2D eigenvalue weighted by Gasteiger charge is -2.06. The van der Waals surface area contributed by atoms with Gasteiger partial charge in [0.25, 0.3) is 0 Å². The van der Waals surface area contributed by atoms with Gasteiger partial charge in [0.2, 0.25) is 5.91 Å². The van der Waals surface area contributed by atoms with E-state index < -0.39 is 5.97 Å². The van der Waals surface area contributed by atoms with E-state index in [4.69, 9.17) is 16.2 Å². The number of para-hydroxylation sites is 1. The zero-order valence-corrected chi connectivity index (χ0v) is 14.1. The molecule has 0 unspecified atom stereocenters. The SMILES string of the molecule is CNCC(=O)Oc1ccccc1/N=N/c1ccc(NC(=O)CN)nc1N. The maximum atomic E-state index is 11.6. The minimum atomic E-state index is -0.448. The largest absolute Gasteiger partial charge is 0.423 e. The molecule has 2 aromatic rings. The van der Waals surface area contributed by atoms with Crippen molar-refractivity contribution in [3.63, 3.8) is 0 Å². The second-order valence-electron chi connectivity index (χ2n) is 5.03. The molecule has 0 bridgehead atoms. The van der Waals surface area contributed by atoms with Crippen LogP contribution in [0.15, 0.2) is 46.6 Å². The number of likely N-dealkylation sites (N-methyl/N-ethyl adjacent to an activating group) is 1. The fourth-order valence-electron chi connectivity index (χ4n) is 1.85. The Bertz CT molecular complexity index is 823. The van der Waals surface area contributed by atoms with Gasteiger partial charge in [-0.25, -0.2) is 4.98 Å². The molecule has 6 N–H and O–H groups in total. The molecular formula is C16H19N7O3. The van der Waals surface area contributed by atoms with Gasteiger partial charge < -0.3 is 26.8 Å². The lowest BCUT2D eigenvalue weighted by Crippen LogP contribution is -2.23. The molecule has 0 aliphatic heterocycles. The third kappa shape index (κ3) is 5.33. The number of nitrogen functional groups attached to an aromatic ring is 1. The molecule has 1 aromatic heterocycles. The Balaban J connectivity index is 2.17. The molecule has 10 heteroatoms. The number of pyridine rings is 1. The topological polar surface area (TPSA) is 157 Å². The smallest absolute Gasteiger partial charge is 0.325 e. The van der Waals surface area contributed by atoms with Crippen molar-refractivity contribution < 1.29 is 14.3 Å². The molecule has 0 fully saturated rings. The number of hydrogen-bond donors (Lipinski definition) is 4. The second kappa shape index (κ2) is 9.20. The van der Waals surface area contributed by atoms with Crippen molar-refractivity contribution in [1.29, 1.82) is 0 Å². The third-order valence-corrected chi connectivity index (χ3v) is 3.03. The number of carbonyl (C=O) groups is 2. The van der Waals surface area contributed by atoms with Crippen molar-refractivity contribution in [1.82, 2.24) is 10.3 Å². The Labute approximate surface area is 149 Å². The maximum Gasteiger partial charge on any atom is 0.325 e. The molecular weight excluding hydrogens is 338 g/mol. The summed E-state index contributed by atoms with van der Waals surface area (Å²) >= 11 is 0. The van der Waals surface area contributed by atoms with Gasteiger partial charge in [-0.1, -0.05) is 12.1 Å². The normalized spacial score (nSPS) is 10.7. The summed E-state index contributed by atoms with van der Waals surface area (Å²) in [5, 5.41) is 13.3. The summed E-state index contributed by atoms with van der Waals surface area (Å²) in [6.45, 7) is -0.0928. The molecule has 26 heavy (non-hydrogen) atoms. The lowest BCUT2D eigenvalue weighted by molar-refractivity contribution is -0.133. The number of carbonyl (C=O) groups excluding carboxylic acids is 2. The number of nitrogens with zero attached hydrogens (tertiary/aromatic N) is 3. The first kappa shape index (κ1) is 19.0. The molecule has 10 nitrogen and oxygen atoms in total. The fraction of sp³-hybridized carbons (Fsp3) is 0.188. The summed E-state index contributed by atoms with van der Waals surface area (Å²) in [6, 6.07) is 9.77. The first-order chi connectivity index (χ1) is 12.5. The van der Waals surface area contributed by atoms with E-state index in [1.165, 1.54) is 6.07 Å². The first-order valence-corrected chi connectivity index (χ1v) is 7.66. The van der Waals surface area contributed by atoms with E-state index in [9.17, 15) is 9.59 Å². The summed E-state index contributed by atoms with van der Waals surface area (Å²) in [4.78, 5) is 26.9. The number of ether oxygens (including phenoxy) is 1. The van der Waals surface area contributed by atoms with Crippen LogP contribution in [0.1, 0.15) is 0 Å². The number of esters is 1. The Morgan fingerprint density at radius 1 is 1.15 bits per heavy atom. The van der Waals surface area contributed by atoms with E-state index in [1.54, 1.807) is 37.4 Å². The number of benzene rings is 1. The van der Waals surface area contributed by atoms with Gasteiger partial charge in [-0.3, -0.25) is 9.59 Å². The number of amides is 1. The second-order valence-corrected chi connectivity index (χ2v) is 5.03. The van der Waals surface area contributed by atoms with Crippen molar-refractivity contribution in [3.8, 4) is 5.75 Å². The van der Waals surface area contributed by atoms with Crippen LogP contribution in [-0.4, -0.2) is 37.0 Å². The quantitative estimate of drug-likeness (QED) is 0.328. The number of aromatic nitrogens is 1. The molecule has 0 radical (unpaired) electrons. The molecule has 0 aliphatic rings. The minimum absolute atomic E-state index is 0.0678. The highest BCUT2D eigenvalue weighted by Crippen LogP contribution is 2.30. The van der Waals surface area contributed by atoms with Crippen LogP contribution < -0.4 is 26.8 Å². The molecule has 0 spiro atoms. The zero-order chi connectivity index (χ0) is 18.9. The summed E-state index contributed by atoms with van der Waals surface area (Å²) in [6.07, 6.45) is 0. The van der Waals surface area contributed by atoms with Crippen LogP contribution in [0, 0.1) is 0 Å². The maximum absolute atomic E-state index is 11.6. The van der Waals surface area contributed by atoms with Crippen LogP contribution in [0.3, 0.4) is 0 Å². The molecule has 0 aliphatic carbocycles. The summed E-state index contributed by atoms with van der Waals surface area (Å²) in [5.74, 6) is -0.221. The van der Waals surface area contributed by atoms with Crippen LogP contribution >= 0.6 is 0 Å². The van der Waals surface area contributed by atoms with Crippen molar-refractivity contribution in [2.75, 3.05) is 31.2 Å². The minimum Gasteiger partial charge on any atom is -0.423 e. The molecule has 0 atom stereocenters. The summed E-state index contributed by atoms with van der Waals surface area (Å²) in [7, 11) is 1.64. The van der Waals surface area contributed by atoms with E-state index in [1.807, 2.05) is 0 Å². The lowest BCUT2D eigenvalue weighted by atomic mass is 10.3. The molecule has 0 saturated carbocycles. The van der Waals surface area contributed by atoms with Gasteiger partial charge in [-0.05, 0) is 31.3 Å². The van der Waals surface area contributed by atoms with Gasteiger partial charge >= 0.3 is 5.97 Å². The van der Waals surface area contributed by atoms with Gasteiger partial charge in [0.15, 0.2) is 11.6 Å². The van der Waals surface area contributed by atoms with Crippen LogP contribution in [-0.2, 0) is 9.59 Å². The Morgan fingerprint density at radius 3 is 2.58 bits per heavy atom. The number of nitrogens with two attached hydrogens (primary N) is 2. The highest BCUT2D eigenvalue weighted by atomic mass is 16.5. The summed E-state index contributed by atoms with van der Waals surface area (Å²) < 4.78 is 5.22. The van der Waals surface area contributed by atoms with Gasteiger partial charge in [0, 0.05) is 0 Å². The number of rotatable bonds is 7. The van der Waals surface area contributed by atoms with E-state index >= 15 is 0 Å². The standard InChI is InChI=1S/C16H19N7O3/c1-19-9-15(25)26-12-5-3-2-4-10(12)22-23-11-6-7-13(21-16(11)18)20-14(24)8-17/h2-7,19H,8-9,17H2,1H3,(H3,18,20,21,24)/b23-22+. The van der Waals surface area contributed by atoms with Gasteiger partial charge in [-0.15, -0.1) is 10.2 Å². The Morgan fingerprint density at radius 2 is 1.88 bits per heavy atom. The average Bonchev–Trinajstić information content (AvgIpc) is 2.62. The van der Waals surface area contributed by atoms with E-state index in [-0.39, 0.29) is 36.4 Å². The highest BCUT2D eigenvalue weighted by molar-refractivity contribution is 5.91. The predicted molar refractivity (Wildman–Crippen MR) is 96.5 cm³/mol. The third-order valence-electron chi connectivity index (χ3n) is 3.03. The Hall–Kier alpha value is -3.37. The van der Waals surface area contributed by atoms with Crippen LogP contribution in [0.2, 0.25) is 0 Å². The predicted octanol–water partition coefficient (Wildman–Crippen LogP) is 1.10. The number of azo groups is 1. The molecule has 0 saturated heterocycles. The van der Waals surface area contributed by atoms with Gasteiger partial charge in [0.1, 0.15) is 17.2 Å². The van der Waals surface area contributed by atoms with E-state index in [0.717, 1.165) is 0 Å². The van der Waals surface area contributed by atoms with Crippen molar-refractivity contribution in [2.45, 2.75) is 0 Å². The van der Waals surface area contributed by atoms with Crippen molar-refractivity contribution in [3.05, 3.63) is 36.4 Å². The van der Waals surface area contributed by atoms with Crippen LogP contribution in [0.25, 0.3) is 0 Å². The number of anilines is 2. The van der Waals surface area contributed by atoms with Crippen LogP contribution in [0.5, 0.6) is 5.75 Å². The first-order valence-electron chi connectivity index (χ1n) is 7.66. The zero-order valence-electron chi connectivity index (χ0n) is 14.1. The van der Waals surface area contributed by atoms with Crippen molar-refractivity contribution in [2.24, 2.45) is 16.0 Å². The monoisotopic (exact) mass is 357 g/mol. The van der Waals surface area contributed by atoms with Gasteiger partial charge in [-0.2, -0.15) is 0 Å². The average molecular weight is 357 g/mol. The Kier molecular flexibility index (Phi) is 6.71. The molecule has 1 aromatic carbocycles. The van der Waals surface area contributed by atoms with Gasteiger partial charge in [0.05, 0.1) is 13.1 Å².